The van der Waals surface area contributed by atoms with Crippen molar-refractivity contribution in [1.29, 1.82) is 0 Å². The average molecular weight is 169 g/mol. The Balaban J connectivity index is 2.97. The van der Waals surface area contributed by atoms with Gasteiger partial charge in [0.2, 0.25) is 0 Å². The minimum absolute atomic E-state index is 0.914. The largest absolute Gasteiger partial charge is 0.0654 e. The Morgan fingerprint density at radius 3 is 2.42 bits per heavy atom. The van der Waals surface area contributed by atoms with E-state index in [2.05, 4.69) is 27.2 Å². The summed E-state index contributed by atoms with van der Waals surface area (Å²) in [5.41, 5.74) is 0. The molecule has 1 atom stereocenters. The van der Waals surface area contributed by atoms with Crippen LogP contribution in [0.15, 0.2) is 0 Å². The average Bonchev–Trinajstić information content (AvgIpc) is 2.05. The highest BCUT2D eigenvalue weighted by Crippen LogP contribution is 2.14. The van der Waals surface area contributed by atoms with E-state index in [1.807, 2.05) is 0 Å². The van der Waals surface area contributed by atoms with Gasteiger partial charge in [-0.2, -0.15) is 0 Å². The minimum atomic E-state index is 0.914. The highest BCUT2D eigenvalue weighted by molar-refractivity contribution is 4.68. The maximum absolute atomic E-state index is 2.48. The fourth-order valence-electron chi connectivity index (χ4n) is 1.55. The van der Waals surface area contributed by atoms with E-state index in [4.69, 9.17) is 0 Å². The summed E-state index contributed by atoms with van der Waals surface area (Å²) in [4.78, 5) is 0. The minimum Gasteiger partial charge on any atom is -0.0654 e. The highest BCUT2D eigenvalue weighted by Gasteiger charge is 1.99. The second kappa shape index (κ2) is 9.09. The van der Waals surface area contributed by atoms with E-state index in [-0.39, 0.29) is 0 Å². The van der Waals surface area contributed by atoms with Crippen molar-refractivity contribution in [2.24, 2.45) is 5.92 Å². The molecule has 0 rings (SSSR count). The van der Waals surface area contributed by atoms with E-state index in [1.165, 1.54) is 44.9 Å². The van der Waals surface area contributed by atoms with E-state index in [0.29, 0.717) is 0 Å². The van der Waals surface area contributed by atoms with E-state index in [0.717, 1.165) is 5.92 Å². The smallest absolute Gasteiger partial charge is 0.0383 e. The van der Waals surface area contributed by atoms with Crippen LogP contribution in [-0.2, 0) is 0 Å². The molecule has 0 spiro atoms. The van der Waals surface area contributed by atoms with Crippen molar-refractivity contribution in [2.45, 2.75) is 65.7 Å². The van der Waals surface area contributed by atoms with Gasteiger partial charge >= 0.3 is 0 Å². The SMILES string of the molecule is CCCCC[CH]CC(C)CCC. The summed E-state index contributed by atoms with van der Waals surface area (Å²) < 4.78 is 0. The molecular weight excluding hydrogens is 144 g/mol. The van der Waals surface area contributed by atoms with Crippen molar-refractivity contribution in [3.8, 4) is 0 Å². The Hall–Kier alpha value is 0. The molecule has 0 aliphatic rings. The van der Waals surface area contributed by atoms with Crippen molar-refractivity contribution in [3.05, 3.63) is 6.42 Å². The van der Waals surface area contributed by atoms with Crippen LogP contribution < -0.4 is 0 Å². The highest BCUT2D eigenvalue weighted by atomic mass is 14.0. The Morgan fingerprint density at radius 2 is 1.83 bits per heavy atom. The van der Waals surface area contributed by atoms with Gasteiger partial charge in [-0.3, -0.25) is 0 Å². The van der Waals surface area contributed by atoms with E-state index >= 15 is 0 Å². The van der Waals surface area contributed by atoms with Gasteiger partial charge in [-0.25, -0.2) is 0 Å². The van der Waals surface area contributed by atoms with Crippen molar-refractivity contribution < 1.29 is 0 Å². The van der Waals surface area contributed by atoms with Gasteiger partial charge in [0, 0.05) is 0 Å². The summed E-state index contributed by atoms with van der Waals surface area (Å²) in [6, 6.07) is 0. The third kappa shape index (κ3) is 8.10. The molecule has 0 aromatic heterocycles. The molecule has 0 amide bonds. The predicted octanol–water partition coefficient (Wildman–Crippen LogP) is 4.60. The molecule has 0 aliphatic carbocycles. The number of unbranched alkanes of at least 4 members (excludes halogenated alkanes) is 4. The lowest BCUT2D eigenvalue weighted by atomic mass is 9.98. The van der Waals surface area contributed by atoms with E-state index in [9.17, 15) is 0 Å². The summed E-state index contributed by atoms with van der Waals surface area (Å²) >= 11 is 0. The van der Waals surface area contributed by atoms with Gasteiger partial charge in [0.1, 0.15) is 0 Å². The molecular formula is C12H25. The van der Waals surface area contributed by atoms with Gasteiger partial charge in [0.25, 0.3) is 0 Å². The maximum Gasteiger partial charge on any atom is -0.0383 e. The lowest BCUT2D eigenvalue weighted by Gasteiger charge is -2.08. The van der Waals surface area contributed by atoms with Crippen LogP contribution in [0.3, 0.4) is 0 Å². The van der Waals surface area contributed by atoms with Crippen molar-refractivity contribution in [2.75, 3.05) is 0 Å². The van der Waals surface area contributed by atoms with E-state index in [1.54, 1.807) is 0 Å². The quantitative estimate of drug-likeness (QED) is 0.466. The summed E-state index contributed by atoms with van der Waals surface area (Å²) in [7, 11) is 0. The van der Waals surface area contributed by atoms with Crippen LogP contribution >= 0.6 is 0 Å². The van der Waals surface area contributed by atoms with Crippen LogP contribution in [0.4, 0.5) is 0 Å². The zero-order valence-electron chi connectivity index (χ0n) is 9.10. The fraction of sp³-hybridized carbons (Fsp3) is 0.917. The molecule has 73 valence electrons. The molecule has 12 heavy (non-hydrogen) atoms. The molecule has 0 heterocycles. The molecule has 0 saturated carbocycles. The molecule has 0 N–H and O–H groups in total. The van der Waals surface area contributed by atoms with Gasteiger partial charge in [-0.1, -0.05) is 59.3 Å². The van der Waals surface area contributed by atoms with Crippen LogP contribution in [0, 0.1) is 12.3 Å². The summed E-state index contributed by atoms with van der Waals surface area (Å²) in [5, 5.41) is 0. The fourth-order valence-corrected chi connectivity index (χ4v) is 1.55. The zero-order chi connectivity index (χ0) is 9.23. The Kier molecular flexibility index (Phi) is 9.09. The van der Waals surface area contributed by atoms with E-state index < -0.39 is 0 Å². The van der Waals surface area contributed by atoms with Crippen LogP contribution in [0.2, 0.25) is 0 Å². The molecule has 0 aromatic rings. The van der Waals surface area contributed by atoms with Crippen LogP contribution in [0.25, 0.3) is 0 Å². The van der Waals surface area contributed by atoms with Crippen LogP contribution in [0.5, 0.6) is 0 Å². The van der Waals surface area contributed by atoms with Gasteiger partial charge in [0.05, 0.1) is 0 Å². The Bertz CT molecular complexity index is 76.1. The molecule has 0 fully saturated rings. The normalized spacial score (nSPS) is 13.2. The van der Waals surface area contributed by atoms with Crippen molar-refractivity contribution in [3.63, 3.8) is 0 Å². The first-order valence-corrected chi connectivity index (χ1v) is 5.62. The molecule has 0 heteroatoms. The zero-order valence-corrected chi connectivity index (χ0v) is 9.10. The topological polar surface area (TPSA) is 0 Å². The summed E-state index contributed by atoms with van der Waals surface area (Å²) in [6.45, 7) is 6.90. The number of hydrogen-bond acceptors (Lipinski definition) is 0. The van der Waals surface area contributed by atoms with Crippen LogP contribution in [-0.4, -0.2) is 0 Å². The summed E-state index contributed by atoms with van der Waals surface area (Å²) in [5.74, 6) is 0.914. The molecule has 0 aliphatic heterocycles. The predicted molar refractivity (Wildman–Crippen MR) is 57.1 cm³/mol. The molecule has 0 nitrogen and oxygen atoms in total. The number of rotatable bonds is 8. The first kappa shape index (κ1) is 12.0. The molecule has 1 unspecified atom stereocenters. The van der Waals surface area contributed by atoms with Gasteiger partial charge < -0.3 is 0 Å². The molecule has 1 radical (unpaired) electrons. The molecule has 0 aromatic carbocycles. The second-order valence-corrected chi connectivity index (χ2v) is 3.91. The maximum atomic E-state index is 2.48. The van der Waals surface area contributed by atoms with Crippen molar-refractivity contribution >= 4 is 0 Å². The van der Waals surface area contributed by atoms with Crippen LogP contribution in [0.1, 0.15) is 65.7 Å². The summed E-state index contributed by atoms with van der Waals surface area (Å²) in [6.07, 6.45) is 12.0. The second-order valence-electron chi connectivity index (χ2n) is 3.91. The van der Waals surface area contributed by atoms with Gasteiger partial charge in [0.15, 0.2) is 0 Å². The first-order chi connectivity index (χ1) is 5.81. The van der Waals surface area contributed by atoms with Crippen molar-refractivity contribution in [1.82, 2.24) is 0 Å². The number of hydrogen-bond donors (Lipinski definition) is 0. The van der Waals surface area contributed by atoms with Gasteiger partial charge in [-0.15, -0.1) is 0 Å². The lowest BCUT2D eigenvalue weighted by Crippen LogP contribution is -1.94. The third-order valence-corrected chi connectivity index (χ3v) is 2.36. The Labute approximate surface area is 78.8 Å². The third-order valence-electron chi connectivity index (χ3n) is 2.36. The standard InChI is InChI=1S/C12H25/c1-4-6-7-8-9-11-12(3)10-5-2/h9,12H,4-8,10-11H2,1-3H3. The van der Waals surface area contributed by atoms with Gasteiger partial charge in [-0.05, 0) is 18.8 Å². The lowest BCUT2D eigenvalue weighted by molar-refractivity contribution is 0.505. The Morgan fingerprint density at radius 1 is 1.08 bits per heavy atom. The molecule has 0 bridgehead atoms. The monoisotopic (exact) mass is 169 g/mol. The molecule has 0 saturated heterocycles. The first-order valence-electron chi connectivity index (χ1n) is 5.62.